The quantitative estimate of drug-likeness (QED) is 0.256. The maximum absolute atomic E-state index is 11.4. The van der Waals surface area contributed by atoms with Gasteiger partial charge in [-0.1, -0.05) is 51.9 Å². The lowest BCUT2D eigenvalue weighted by atomic mass is 10.1. The van der Waals surface area contributed by atoms with E-state index in [4.69, 9.17) is 4.74 Å². The second-order valence-electron chi connectivity index (χ2n) is 5.01. The second kappa shape index (κ2) is 16.5. The minimum Gasteiger partial charge on any atom is -0.466 e. The number of rotatable bonds is 15. The van der Waals surface area contributed by atoms with Crippen LogP contribution in [0.2, 0.25) is 0 Å². The molecule has 0 radical (unpaired) electrons. The second-order valence-corrected chi connectivity index (χ2v) is 6.24. The summed E-state index contributed by atoms with van der Waals surface area (Å²) >= 11 is 1.63. The zero-order chi connectivity index (χ0) is 14.9. The summed E-state index contributed by atoms with van der Waals surface area (Å²) in [7, 11) is 0. The van der Waals surface area contributed by atoms with Crippen molar-refractivity contribution in [1.82, 2.24) is 0 Å². The average Bonchev–Trinajstić information content (AvgIpc) is 2.45. The molecule has 0 bridgehead atoms. The van der Waals surface area contributed by atoms with E-state index in [0.29, 0.717) is 19.4 Å². The fourth-order valence-corrected chi connectivity index (χ4v) is 2.66. The molecular weight excluding hydrogens is 272 g/mol. The topological polar surface area (TPSA) is 43.4 Å². The highest BCUT2D eigenvalue weighted by Crippen LogP contribution is 2.09. The molecule has 118 valence electrons. The van der Waals surface area contributed by atoms with Gasteiger partial charge in [-0.3, -0.25) is 4.79 Å². The Balaban J connectivity index is 3.13. The van der Waals surface area contributed by atoms with Crippen LogP contribution in [0.5, 0.6) is 0 Å². The summed E-state index contributed by atoms with van der Waals surface area (Å²) in [4.78, 5) is 21.5. The van der Waals surface area contributed by atoms with Gasteiger partial charge in [0.2, 0.25) is 0 Å². The Kier molecular flexibility index (Phi) is 16.1. The molecule has 0 saturated carbocycles. The largest absolute Gasteiger partial charge is 0.466 e. The van der Waals surface area contributed by atoms with Gasteiger partial charge < -0.3 is 9.53 Å². The van der Waals surface area contributed by atoms with E-state index in [1.165, 1.54) is 38.5 Å². The maximum atomic E-state index is 11.4. The lowest BCUT2D eigenvalue weighted by Gasteiger charge is -2.05. The normalized spacial score (nSPS) is 10.4. The molecule has 0 aromatic heterocycles. The first kappa shape index (κ1) is 19.5. The molecule has 0 saturated heterocycles. The molecule has 4 heteroatoms. The fraction of sp³-hybridized carbons (Fsp3) is 0.875. The van der Waals surface area contributed by atoms with Crippen molar-refractivity contribution in [1.29, 1.82) is 0 Å². The number of thioether (sulfide) groups is 1. The Bertz CT molecular complexity index is 232. The zero-order valence-electron chi connectivity index (χ0n) is 12.9. The molecule has 0 fully saturated rings. The molecule has 0 amide bonds. The zero-order valence-corrected chi connectivity index (χ0v) is 13.7. The van der Waals surface area contributed by atoms with Crippen LogP contribution < -0.4 is 0 Å². The summed E-state index contributed by atoms with van der Waals surface area (Å²) in [6.07, 6.45) is 12.0. The molecule has 0 atom stereocenters. The third-order valence-electron chi connectivity index (χ3n) is 3.09. The third-order valence-corrected chi connectivity index (χ3v) is 4.11. The van der Waals surface area contributed by atoms with Gasteiger partial charge in [-0.05, 0) is 12.2 Å². The van der Waals surface area contributed by atoms with Crippen molar-refractivity contribution in [3.05, 3.63) is 0 Å². The van der Waals surface area contributed by atoms with Crippen molar-refractivity contribution in [2.75, 3.05) is 18.1 Å². The van der Waals surface area contributed by atoms with Gasteiger partial charge in [-0.2, -0.15) is 11.8 Å². The van der Waals surface area contributed by atoms with E-state index in [1.54, 1.807) is 11.8 Å². The third kappa shape index (κ3) is 15.5. The van der Waals surface area contributed by atoms with Crippen molar-refractivity contribution in [3.63, 3.8) is 0 Å². The van der Waals surface area contributed by atoms with Crippen LogP contribution in [0.3, 0.4) is 0 Å². The number of hydrogen-bond donors (Lipinski definition) is 0. The minimum absolute atomic E-state index is 0.105. The number of ether oxygens (including phenoxy) is 1. The standard InChI is InChI=1S/C16H30O3S/c1-2-3-4-5-6-7-8-9-13-19-16(18)11-15-20-14-10-12-17/h12H,2-11,13-15H2,1H3. The fourth-order valence-electron chi connectivity index (χ4n) is 1.88. The molecule has 0 aliphatic heterocycles. The van der Waals surface area contributed by atoms with Gasteiger partial charge in [-0.15, -0.1) is 0 Å². The predicted octanol–water partition coefficient (Wildman–Crippen LogP) is 4.38. The van der Waals surface area contributed by atoms with Crippen molar-refractivity contribution in [2.24, 2.45) is 0 Å². The van der Waals surface area contributed by atoms with E-state index in [1.807, 2.05) is 0 Å². The summed E-state index contributed by atoms with van der Waals surface area (Å²) in [6.45, 7) is 2.79. The Labute approximate surface area is 128 Å². The van der Waals surface area contributed by atoms with Gasteiger partial charge in [-0.25, -0.2) is 0 Å². The van der Waals surface area contributed by atoms with Crippen LogP contribution in [0.15, 0.2) is 0 Å². The Morgan fingerprint density at radius 1 is 1.00 bits per heavy atom. The van der Waals surface area contributed by atoms with E-state index in [-0.39, 0.29) is 5.97 Å². The number of aldehydes is 1. The van der Waals surface area contributed by atoms with Crippen LogP contribution in [-0.4, -0.2) is 30.4 Å². The molecule has 0 spiro atoms. The first-order chi connectivity index (χ1) is 9.81. The van der Waals surface area contributed by atoms with Crippen molar-refractivity contribution in [3.8, 4) is 0 Å². The van der Waals surface area contributed by atoms with E-state index < -0.39 is 0 Å². The smallest absolute Gasteiger partial charge is 0.306 e. The number of esters is 1. The van der Waals surface area contributed by atoms with E-state index in [0.717, 1.165) is 30.6 Å². The highest BCUT2D eigenvalue weighted by molar-refractivity contribution is 7.99. The highest BCUT2D eigenvalue weighted by atomic mass is 32.2. The van der Waals surface area contributed by atoms with Gasteiger partial charge in [0.25, 0.3) is 0 Å². The first-order valence-electron chi connectivity index (χ1n) is 7.98. The van der Waals surface area contributed by atoms with Crippen LogP contribution in [0.4, 0.5) is 0 Å². The molecule has 0 aromatic carbocycles. The lowest BCUT2D eigenvalue weighted by Crippen LogP contribution is -2.07. The molecule has 0 aliphatic carbocycles. The van der Waals surface area contributed by atoms with Crippen molar-refractivity contribution >= 4 is 24.0 Å². The SMILES string of the molecule is CCCCCCCCCCOC(=O)CCSCCC=O. The van der Waals surface area contributed by atoms with Gasteiger partial charge in [0.1, 0.15) is 6.29 Å². The van der Waals surface area contributed by atoms with Crippen LogP contribution in [-0.2, 0) is 14.3 Å². The molecule has 0 aliphatic rings. The van der Waals surface area contributed by atoms with Crippen LogP contribution in [0.25, 0.3) is 0 Å². The number of unbranched alkanes of at least 4 members (excludes halogenated alkanes) is 7. The summed E-state index contributed by atoms with van der Waals surface area (Å²) in [5, 5.41) is 0. The molecule has 0 rings (SSSR count). The highest BCUT2D eigenvalue weighted by Gasteiger charge is 2.02. The minimum atomic E-state index is -0.105. The van der Waals surface area contributed by atoms with E-state index in [2.05, 4.69) is 6.92 Å². The number of hydrogen-bond acceptors (Lipinski definition) is 4. The summed E-state index contributed by atoms with van der Waals surface area (Å²) in [5.74, 6) is 1.45. The van der Waals surface area contributed by atoms with Gasteiger partial charge >= 0.3 is 5.97 Å². The maximum Gasteiger partial charge on any atom is 0.306 e. The number of carbonyl (C=O) groups is 2. The Morgan fingerprint density at radius 2 is 1.65 bits per heavy atom. The van der Waals surface area contributed by atoms with Crippen molar-refractivity contribution in [2.45, 2.75) is 71.1 Å². The summed E-state index contributed by atoms with van der Waals surface area (Å²) in [5.41, 5.74) is 0. The molecule has 20 heavy (non-hydrogen) atoms. The molecule has 0 N–H and O–H groups in total. The monoisotopic (exact) mass is 302 g/mol. The van der Waals surface area contributed by atoms with Crippen LogP contribution in [0.1, 0.15) is 71.1 Å². The summed E-state index contributed by atoms with van der Waals surface area (Å²) in [6, 6.07) is 0. The van der Waals surface area contributed by atoms with E-state index in [9.17, 15) is 9.59 Å². The molecule has 0 aromatic rings. The van der Waals surface area contributed by atoms with Crippen LogP contribution in [0, 0.1) is 0 Å². The van der Waals surface area contributed by atoms with Crippen molar-refractivity contribution < 1.29 is 14.3 Å². The number of carbonyl (C=O) groups excluding carboxylic acids is 2. The van der Waals surface area contributed by atoms with Crippen LogP contribution >= 0.6 is 11.8 Å². The first-order valence-corrected chi connectivity index (χ1v) is 9.13. The Morgan fingerprint density at radius 3 is 2.30 bits per heavy atom. The molecule has 0 heterocycles. The lowest BCUT2D eigenvalue weighted by molar-refractivity contribution is -0.143. The Hall–Kier alpha value is -0.510. The molecule has 3 nitrogen and oxygen atoms in total. The summed E-state index contributed by atoms with van der Waals surface area (Å²) < 4.78 is 5.17. The molecular formula is C16H30O3S. The van der Waals surface area contributed by atoms with Gasteiger partial charge in [0.05, 0.1) is 13.0 Å². The average molecular weight is 302 g/mol. The van der Waals surface area contributed by atoms with E-state index >= 15 is 0 Å². The van der Waals surface area contributed by atoms with Gasteiger partial charge in [0.15, 0.2) is 0 Å². The predicted molar refractivity (Wildman–Crippen MR) is 86.2 cm³/mol. The molecule has 0 unspecified atom stereocenters. The van der Waals surface area contributed by atoms with Gasteiger partial charge in [0, 0.05) is 12.2 Å².